The van der Waals surface area contributed by atoms with Crippen LogP contribution in [0.3, 0.4) is 0 Å². The molecule has 2 fully saturated rings. The Hall–Kier alpha value is -2.10. The number of allylic oxidation sites excluding steroid dienone is 1. The van der Waals surface area contributed by atoms with Gasteiger partial charge in [-0.05, 0) is 80.4 Å². The molecule has 0 heterocycles. The van der Waals surface area contributed by atoms with Gasteiger partial charge in [0.05, 0.1) is 25.2 Å². The van der Waals surface area contributed by atoms with Crippen molar-refractivity contribution in [2.24, 2.45) is 22.7 Å². The fourth-order valence-electron chi connectivity index (χ4n) is 6.28. The number of esters is 2. The van der Waals surface area contributed by atoms with Gasteiger partial charge in [0.2, 0.25) is 0 Å². The third kappa shape index (κ3) is 3.51. The van der Waals surface area contributed by atoms with Crippen LogP contribution in [-0.2, 0) is 20.7 Å². The second-order valence-electron chi connectivity index (χ2n) is 9.37. The fourth-order valence-corrected chi connectivity index (χ4v) is 6.28. The normalized spacial score (nSPS) is 31.7. The maximum absolute atomic E-state index is 12.8. The summed E-state index contributed by atoms with van der Waals surface area (Å²) in [6.07, 6.45) is 5.57. The number of hydrogen-bond donors (Lipinski definition) is 0. The lowest BCUT2D eigenvalue weighted by molar-refractivity contribution is -0.167. The molecule has 4 atom stereocenters. The van der Waals surface area contributed by atoms with Gasteiger partial charge in [-0.15, -0.1) is 0 Å². The van der Waals surface area contributed by atoms with E-state index in [0.717, 1.165) is 49.7 Å². The number of fused-ring (bicyclic) bond motifs is 1. The second-order valence-corrected chi connectivity index (χ2v) is 9.37. The average molecular weight is 399 g/mol. The standard InChI is InChI=1S/C25H34O4/c1-16-9-7-10-18(22(26)28-5)19(16)15-20-17(2)11-12-21-24(20,3)13-8-14-25(21,4)23(27)29-6/h7,9-10,20-21H,2,8,11-15H2,1,3-6H3/t20-,21+,24+,25-/m0/s1. The van der Waals surface area contributed by atoms with Gasteiger partial charge in [0.15, 0.2) is 0 Å². The summed E-state index contributed by atoms with van der Waals surface area (Å²) in [6.45, 7) is 10.9. The van der Waals surface area contributed by atoms with Gasteiger partial charge in [-0.2, -0.15) is 0 Å². The van der Waals surface area contributed by atoms with Crippen LogP contribution >= 0.6 is 0 Å². The van der Waals surface area contributed by atoms with Crippen LogP contribution in [-0.4, -0.2) is 26.2 Å². The highest BCUT2D eigenvalue weighted by molar-refractivity contribution is 5.91. The lowest BCUT2D eigenvalue weighted by atomic mass is 9.46. The molecule has 1 aromatic rings. The van der Waals surface area contributed by atoms with Gasteiger partial charge >= 0.3 is 11.9 Å². The summed E-state index contributed by atoms with van der Waals surface area (Å²) in [4.78, 5) is 25.2. The van der Waals surface area contributed by atoms with Crippen molar-refractivity contribution in [3.05, 3.63) is 47.0 Å². The number of methoxy groups -OCH3 is 2. The molecule has 0 N–H and O–H groups in total. The number of carbonyl (C=O) groups excluding carboxylic acids is 2. The molecular formula is C25H34O4. The van der Waals surface area contributed by atoms with Gasteiger partial charge in [-0.25, -0.2) is 4.79 Å². The molecule has 0 saturated heterocycles. The fraction of sp³-hybridized carbons (Fsp3) is 0.600. The predicted octanol–water partition coefficient (Wildman–Crippen LogP) is 5.28. The minimum Gasteiger partial charge on any atom is -0.469 e. The van der Waals surface area contributed by atoms with Crippen molar-refractivity contribution < 1.29 is 19.1 Å². The van der Waals surface area contributed by atoms with E-state index < -0.39 is 5.41 Å². The van der Waals surface area contributed by atoms with Crippen LogP contribution in [0, 0.1) is 29.6 Å². The molecule has 2 aliphatic rings. The van der Waals surface area contributed by atoms with E-state index in [9.17, 15) is 9.59 Å². The van der Waals surface area contributed by atoms with E-state index in [0.29, 0.717) is 5.56 Å². The number of aryl methyl sites for hydroxylation is 1. The molecule has 0 spiro atoms. The Balaban J connectivity index is 2.03. The van der Waals surface area contributed by atoms with Crippen molar-refractivity contribution in [2.45, 2.75) is 59.3 Å². The summed E-state index contributed by atoms with van der Waals surface area (Å²) >= 11 is 0. The SMILES string of the molecule is C=C1CC[C@@H]2[C@](C)(CCC[C@]2(C)C(=O)OC)[C@H]1Cc1c(C)cccc1C(=O)OC. The summed E-state index contributed by atoms with van der Waals surface area (Å²) in [5, 5.41) is 0. The molecule has 4 nitrogen and oxygen atoms in total. The zero-order valence-corrected chi connectivity index (χ0v) is 18.5. The Morgan fingerprint density at radius 2 is 1.90 bits per heavy atom. The van der Waals surface area contributed by atoms with Crippen molar-refractivity contribution in [3.63, 3.8) is 0 Å². The van der Waals surface area contributed by atoms with E-state index in [1.807, 2.05) is 25.1 Å². The molecule has 0 aromatic heterocycles. The van der Waals surface area contributed by atoms with Gasteiger partial charge in [0, 0.05) is 0 Å². The average Bonchev–Trinajstić information content (AvgIpc) is 2.70. The first-order chi connectivity index (χ1) is 13.7. The molecule has 2 aliphatic carbocycles. The third-order valence-electron chi connectivity index (χ3n) is 7.90. The first kappa shape index (κ1) is 21.6. The van der Waals surface area contributed by atoms with Crippen LogP contribution in [0.2, 0.25) is 0 Å². The summed E-state index contributed by atoms with van der Waals surface area (Å²) in [6, 6.07) is 5.80. The zero-order valence-electron chi connectivity index (χ0n) is 18.5. The van der Waals surface area contributed by atoms with Crippen molar-refractivity contribution >= 4 is 11.9 Å². The largest absolute Gasteiger partial charge is 0.469 e. The summed E-state index contributed by atoms with van der Waals surface area (Å²) in [5.74, 6) is 0.0769. The Labute approximate surface area is 174 Å². The van der Waals surface area contributed by atoms with E-state index in [-0.39, 0.29) is 29.2 Å². The van der Waals surface area contributed by atoms with E-state index in [1.54, 1.807) is 0 Å². The Morgan fingerprint density at radius 1 is 1.17 bits per heavy atom. The van der Waals surface area contributed by atoms with Gasteiger partial charge < -0.3 is 9.47 Å². The molecular weight excluding hydrogens is 364 g/mol. The van der Waals surface area contributed by atoms with E-state index in [1.165, 1.54) is 19.8 Å². The molecule has 2 saturated carbocycles. The molecule has 0 aliphatic heterocycles. The molecule has 0 bridgehead atoms. The maximum atomic E-state index is 12.8. The van der Waals surface area contributed by atoms with Crippen LogP contribution in [0.15, 0.2) is 30.4 Å². The number of rotatable bonds is 4. The quantitative estimate of drug-likeness (QED) is 0.512. The summed E-state index contributed by atoms with van der Waals surface area (Å²) < 4.78 is 10.3. The highest BCUT2D eigenvalue weighted by Crippen LogP contribution is 2.62. The van der Waals surface area contributed by atoms with Crippen LogP contribution in [0.5, 0.6) is 0 Å². The van der Waals surface area contributed by atoms with E-state index in [2.05, 4.69) is 20.4 Å². The van der Waals surface area contributed by atoms with Crippen molar-refractivity contribution in [3.8, 4) is 0 Å². The van der Waals surface area contributed by atoms with E-state index >= 15 is 0 Å². The summed E-state index contributed by atoms with van der Waals surface area (Å²) in [7, 11) is 2.92. The molecule has 0 amide bonds. The smallest absolute Gasteiger partial charge is 0.338 e. The molecule has 158 valence electrons. The topological polar surface area (TPSA) is 52.6 Å². The summed E-state index contributed by atoms with van der Waals surface area (Å²) in [5.41, 5.74) is 3.49. The lowest BCUT2D eigenvalue weighted by Gasteiger charge is -2.57. The first-order valence-corrected chi connectivity index (χ1v) is 10.6. The van der Waals surface area contributed by atoms with Gasteiger partial charge in [-0.1, -0.05) is 37.6 Å². The molecule has 3 rings (SSSR count). The third-order valence-corrected chi connectivity index (χ3v) is 7.90. The Morgan fingerprint density at radius 3 is 2.55 bits per heavy atom. The molecule has 0 radical (unpaired) electrons. The highest BCUT2D eigenvalue weighted by atomic mass is 16.5. The van der Waals surface area contributed by atoms with E-state index in [4.69, 9.17) is 9.47 Å². The number of hydrogen-bond acceptors (Lipinski definition) is 4. The Kier molecular flexibility index (Phi) is 5.93. The Bertz CT molecular complexity index is 826. The lowest BCUT2D eigenvalue weighted by Crippen LogP contribution is -2.54. The molecule has 4 heteroatoms. The van der Waals surface area contributed by atoms with Crippen molar-refractivity contribution in [1.29, 1.82) is 0 Å². The molecule has 1 aromatic carbocycles. The minimum absolute atomic E-state index is 0.0494. The van der Waals surface area contributed by atoms with Gasteiger partial charge in [-0.3, -0.25) is 4.79 Å². The number of carbonyl (C=O) groups is 2. The van der Waals surface area contributed by atoms with Gasteiger partial charge in [0.25, 0.3) is 0 Å². The van der Waals surface area contributed by atoms with Crippen LogP contribution < -0.4 is 0 Å². The minimum atomic E-state index is -0.461. The monoisotopic (exact) mass is 398 g/mol. The zero-order chi connectivity index (χ0) is 21.4. The number of benzene rings is 1. The van der Waals surface area contributed by atoms with Crippen LogP contribution in [0.1, 0.15) is 67.4 Å². The van der Waals surface area contributed by atoms with Crippen LogP contribution in [0.4, 0.5) is 0 Å². The van der Waals surface area contributed by atoms with Gasteiger partial charge in [0.1, 0.15) is 0 Å². The number of ether oxygens (including phenoxy) is 2. The molecule has 29 heavy (non-hydrogen) atoms. The van der Waals surface area contributed by atoms with Crippen LogP contribution in [0.25, 0.3) is 0 Å². The molecule has 0 unspecified atom stereocenters. The first-order valence-electron chi connectivity index (χ1n) is 10.6. The van der Waals surface area contributed by atoms with Crippen molar-refractivity contribution in [2.75, 3.05) is 14.2 Å². The highest BCUT2D eigenvalue weighted by Gasteiger charge is 2.57. The van der Waals surface area contributed by atoms with Crippen molar-refractivity contribution in [1.82, 2.24) is 0 Å². The maximum Gasteiger partial charge on any atom is 0.338 e. The second kappa shape index (κ2) is 7.97. The predicted molar refractivity (Wildman–Crippen MR) is 114 cm³/mol.